The number of fused-ring (bicyclic) bond motifs is 3. The molecule has 5 aromatic rings. The van der Waals surface area contributed by atoms with E-state index in [1.807, 2.05) is 18.2 Å². The Bertz CT molecular complexity index is 1870. The Hall–Kier alpha value is -3.03. The number of halogens is 3. The van der Waals surface area contributed by atoms with Crippen molar-refractivity contribution in [3.8, 4) is 5.75 Å². The van der Waals surface area contributed by atoms with E-state index in [2.05, 4.69) is 47.0 Å². The number of rotatable bonds is 12. The number of anilines is 2. The molecule has 0 amide bonds. The van der Waals surface area contributed by atoms with Gasteiger partial charge in [0.15, 0.2) is 5.82 Å². The molecule has 0 radical (unpaired) electrons. The zero-order chi connectivity index (χ0) is 30.9. The number of morpholine rings is 1. The number of benzene rings is 2. The number of nitrogens with zero attached hydrogens (tertiary/aromatic N) is 4. The third-order valence-corrected chi connectivity index (χ3v) is 10.3. The van der Waals surface area contributed by atoms with Crippen molar-refractivity contribution in [2.75, 3.05) is 44.0 Å². The monoisotopic (exact) mass is 715 g/mol. The smallest absolute Gasteiger partial charge is 0.163 e. The normalized spacial score (nSPS) is 16.4. The van der Waals surface area contributed by atoms with Crippen molar-refractivity contribution in [1.82, 2.24) is 19.7 Å². The highest BCUT2D eigenvalue weighted by Gasteiger charge is 2.29. The number of hydrogen-bond acceptors (Lipinski definition) is 8. The number of ether oxygens (including phenoxy) is 2. The third-order valence-electron chi connectivity index (χ3n) is 8.04. The summed E-state index contributed by atoms with van der Waals surface area (Å²) < 4.78 is 47.3. The van der Waals surface area contributed by atoms with E-state index in [1.165, 1.54) is 12.1 Å². The van der Waals surface area contributed by atoms with Crippen LogP contribution in [0.3, 0.4) is 0 Å². The minimum Gasteiger partial charge on any atom is -0.492 e. The molecule has 1 N–H and O–H groups in total. The van der Waals surface area contributed by atoms with Crippen LogP contribution in [0.2, 0.25) is 5.02 Å². The SMILES string of the molecule is O=S(CCCOc1cc2c3c(Nc4ccc(F)c(Cl)c4)nncc3n(C3CC3)c2cc1Br)Cc1ccc(CN2CCOCC2)o1. The van der Waals surface area contributed by atoms with Crippen molar-refractivity contribution in [3.05, 3.63) is 75.5 Å². The van der Waals surface area contributed by atoms with E-state index in [1.54, 1.807) is 12.3 Å². The van der Waals surface area contributed by atoms with Crippen LogP contribution in [-0.2, 0) is 27.8 Å². The van der Waals surface area contributed by atoms with E-state index < -0.39 is 16.6 Å². The lowest BCUT2D eigenvalue weighted by molar-refractivity contribution is 0.0312. The molecule has 0 bridgehead atoms. The molecule has 1 unspecified atom stereocenters. The summed E-state index contributed by atoms with van der Waals surface area (Å²) in [6, 6.07) is 12.8. The molecule has 236 valence electrons. The maximum Gasteiger partial charge on any atom is 0.163 e. The molecule has 1 saturated carbocycles. The van der Waals surface area contributed by atoms with E-state index >= 15 is 0 Å². The van der Waals surface area contributed by atoms with Gasteiger partial charge in [-0.25, -0.2) is 4.39 Å². The second-order valence-corrected chi connectivity index (χ2v) is 14.2. The Morgan fingerprint density at radius 3 is 2.73 bits per heavy atom. The molecule has 4 heterocycles. The van der Waals surface area contributed by atoms with Gasteiger partial charge in [0.1, 0.15) is 23.1 Å². The van der Waals surface area contributed by atoms with Crippen LogP contribution in [0.5, 0.6) is 5.75 Å². The second kappa shape index (κ2) is 13.4. The summed E-state index contributed by atoms with van der Waals surface area (Å²) in [6.07, 6.45) is 4.60. The van der Waals surface area contributed by atoms with Crippen LogP contribution in [0.25, 0.3) is 21.8 Å². The largest absolute Gasteiger partial charge is 0.492 e. The zero-order valence-electron chi connectivity index (χ0n) is 24.4. The summed E-state index contributed by atoms with van der Waals surface area (Å²) >= 11 is 9.74. The molecular formula is C32H32BrClFN5O4S. The first-order valence-electron chi connectivity index (χ1n) is 15.0. The van der Waals surface area contributed by atoms with E-state index in [-0.39, 0.29) is 5.02 Å². The van der Waals surface area contributed by atoms with Crippen LogP contribution < -0.4 is 10.1 Å². The van der Waals surface area contributed by atoms with Gasteiger partial charge in [-0.15, -0.1) is 5.10 Å². The summed E-state index contributed by atoms with van der Waals surface area (Å²) in [4.78, 5) is 2.30. The lowest BCUT2D eigenvalue weighted by Crippen LogP contribution is -2.35. The number of nitrogens with one attached hydrogen (secondary N) is 1. The molecule has 1 atom stereocenters. The minimum atomic E-state index is -1.07. The number of aromatic nitrogens is 3. The van der Waals surface area contributed by atoms with Crippen LogP contribution in [-0.4, -0.2) is 62.5 Å². The van der Waals surface area contributed by atoms with E-state index in [0.29, 0.717) is 47.8 Å². The molecule has 2 fully saturated rings. The molecule has 9 nitrogen and oxygen atoms in total. The summed E-state index contributed by atoms with van der Waals surface area (Å²) in [7, 11) is -1.07. The van der Waals surface area contributed by atoms with Gasteiger partial charge in [0, 0.05) is 46.8 Å². The van der Waals surface area contributed by atoms with Gasteiger partial charge in [0.2, 0.25) is 0 Å². The minimum absolute atomic E-state index is 0.0266. The van der Waals surface area contributed by atoms with Gasteiger partial charge in [-0.3, -0.25) is 9.11 Å². The van der Waals surface area contributed by atoms with E-state index in [9.17, 15) is 8.60 Å². The molecule has 0 spiro atoms. The Kier molecular flexibility index (Phi) is 9.10. The summed E-state index contributed by atoms with van der Waals surface area (Å²) in [5, 5.41) is 13.8. The van der Waals surface area contributed by atoms with Gasteiger partial charge in [-0.2, -0.15) is 5.10 Å². The van der Waals surface area contributed by atoms with Gasteiger partial charge < -0.3 is 23.8 Å². The highest BCUT2D eigenvalue weighted by atomic mass is 79.9. The highest BCUT2D eigenvalue weighted by molar-refractivity contribution is 9.10. The standard InChI is InChI=1S/C32H32BrClFN5O4S/c33-25-16-28-24(31-29(40(28)21-3-4-21)17-36-38-32(31)37-20-2-7-27(35)26(34)14-20)15-30(25)43-10-1-13-45(41)19-23-6-5-22(44-23)18-39-8-11-42-12-9-39/h2,5-7,14-17,21H,1,3-4,8-13,18-19H2,(H,37,38). The van der Waals surface area contributed by atoms with Gasteiger partial charge in [-0.05, 0) is 77.7 Å². The average molecular weight is 717 g/mol. The van der Waals surface area contributed by atoms with Crippen molar-refractivity contribution in [1.29, 1.82) is 0 Å². The van der Waals surface area contributed by atoms with Gasteiger partial charge in [0.05, 0.1) is 64.2 Å². The molecule has 2 aromatic carbocycles. The molecule has 13 heteroatoms. The first-order valence-corrected chi connectivity index (χ1v) is 17.6. The second-order valence-electron chi connectivity index (χ2n) is 11.4. The van der Waals surface area contributed by atoms with E-state index in [0.717, 1.165) is 83.5 Å². The first kappa shape index (κ1) is 30.6. The number of furan rings is 1. The van der Waals surface area contributed by atoms with Crippen LogP contribution in [0.4, 0.5) is 15.9 Å². The predicted molar refractivity (Wildman–Crippen MR) is 177 cm³/mol. The quantitative estimate of drug-likeness (QED) is 0.134. The molecule has 1 aliphatic carbocycles. The molecule has 2 aliphatic rings. The number of hydrogen-bond donors (Lipinski definition) is 1. The summed E-state index contributed by atoms with van der Waals surface area (Å²) in [6.45, 7) is 4.43. The zero-order valence-corrected chi connectivity index (χ0v) is 27.6. The Balaban J connectivity index is 1.04. The lowest BCUT2D eigenvalue weighted by Gasteiger charge is -2.25. The van der Waals surface area contributed by atoms with Crippen molar-refractivity contribution in [3.63, 3.8) is 0 Å². The van der Waals surface area contributed by atoms with Crippen molar-refractivity contribution in [2.45, 2.75) is 37.6 Å². The first-order chi connectivity index (χ1) is 21.9. The Morgan fingerprint density at radius 1 is 1.11 bits per heavy atom. The maximum atomic E-state index is 13.8. The molecule has 3 aromatic heterocycles. The topological polar surface area (TPSA) is 94.6 Å². The maximum absolute atomic E-state index is 13.8. The third kappa shape index (κ3) is 6.90. The van der Waals surface area contributed by atoms with Crippen LogP contribution >= 0.6 is 27.5 Å². The average Bonchev–Trinajstić information content (AvgIpc) is 3.69. The predicted octanol–water partition coefficient (Wildman–Crippen LogP) is 7.36. The van der Waals surface area contributed by atoms with Gasteiger partial charge in [-0.1, -0.05) is 11.6 Å². The van der Waals surface area contributed by atoms with Crippen LogP contribution in [0.15, 0.2) is 57.6 Å². The van der Waals surface area contributed by atoms with Crippen molar-refractivity contribution in [2.24, 2.45) is 0 Å². The lowest BCUT2D eigenvalue weighted by atomic mass is 10.2. The fourth-order valence-corrected chi connectivity index (χ4v) is 7.41. The molecular weight excluding hydrogens is 685 g/mol. The van der Waals surface area contributed by atoms with Gasteiger partial charge in [0.25, 0.3) is 0 Å². The molecule has 1 saturated heterocycles. The van der Waals surface area contributed by atoms with Crippen LogP contribution in [0.1, 0.15) is 36.8 Å². The van der Waals surface area contributed by atoms with Crippen LogP contribution in [0, 0.1) is 5.82 Å². The molecule has 1 aliphatic heterocycles. The summed E-state index contributed by atoms with van der Waals surface area (Å²) in [5.41, 5.74) is 2.62. The van der Waals surface area contributed by atoms with Crippen molar-refractivity contribution >= 4 is 71.6 Å². The van der Waals surface area contributed by atoms with Crippen molar-refractivity contribution < 1.29 is 22.5 Å². The molecule has 45 heavy (non-hydrogen) atoms. The fraction of sp³-hybridized carbons (Fsp3) is 0.375. The highest BCUT2D eigenvalue weighted by Crippen LogP contribution is 2.46. The molecule has 7 rings (SSSR count). The fourth-order valence-electron chi connectivity index (χ4n) is 5.73. The summed E-state index contributed by atoms with van der Waals surface area (Å²) in [5.74, 6) is 3.28. The Morgan fingerprint density at radius 2 is 1.93 bits per heavy atom. The van der Waals surface area contributed by atoms with E-state index in [4.69, 9.17) is 25.5 Å². The Labute approximate surface area is 275 Å². The van der Waals surface area contributed by atoms with Gasteiger partial charge >= 0.3 is 0 Å².